The summed E-state index contributed by atoms with van der Waals surface area (Å²) >= 11 is 5.08. The van der Waals surface area contributed by atoms with E-state index in [0.717, 1.165) is 17.6 Å². The van der Waals surface area contributed by atoms with Crippen LogP contribution in [0.15, 0.2) is 115 Å². The molecule has 1 radical (unpaired) electrons. The Bertz CT molecular complexity index is 864. The normalized spacial score (nSPS) is 12.2. The van der Waals surface area contributed by atoms with E-state index < -0.39 is 7.92 Å². The summed E-state index contributed by atoms with van der Waals surface area (Å²) in [5.74, 6) is 0. The van der Waals surface area contributed by atoms with Crippen LogP contribution in [0.5, 0.6) is 0 Å². The number of nitrogens with one attached hydrogen (secondary N) is 1. The Kier molecular flexibility index (Phi) is 20.2. The number of hydrogen-bond donors (Lipinski definition) is 1. The molecule has 1 N–H and O–H groups in total. The Hall–Kier alpha value is -1.82. The molecule has 0 bridgehead atoms. The first-order valence-electron chi connectivity index (χ1n) is 12.1. The second kappa shape index (κ2) is 21.3. The molecule has 0 aromatic heterocycles. The van der Waals surface area contributed by atoms with E-state index in [0.29, 0.717) is 0 Å². The standard InChI is InChI=1S/C18H15P.C8H14S.C5H10.HNO.Re/c1-4-10-16(11-5-1)19(17-12-6-2-7-13-17)18-14-8-3-9-15-18;1-6(2)5-8(9)7(3)4;1-2-4-5-3-1;1-2;/h1-15H;8-9H,1,3,5H2,2,4H3;1-5H2;1H;/p-1/t;8-;;;/m.0.../s1. The van der Waals surface area contributed by atoms with Gasteiger partial charge < -0.3 is 12.6 Å². The average Bonchev–Trinajstić information content (AvgIpc) is 3.48. The van der Waals surface area contributed by atoms with Crippen LogP contribution >= 0.6 is 7.92 Å². The minimum atomic E-state index is -0.446. The fraction of sp³-hybridized carbons (Fsp3) is 0.290. The van der Waals surface area contributed by atoms with Crippen LogP contribution in [-0.4, -0.2) is 5.25 Å². The minimum absolute atomic E-state index is 0. The van der Waals surface area contributed by atoms with Crippen molar-refractivity contribution >= 4 is 36.5 Å². The molecule has 5 heteroatoms. The van der Waals surface area contributed by atoms with Crippen molar-refractivity contribution in [3.8, 4) is 0 Å². The van der Waals surface area contributed by atoms with Gasteiger partial charge in [-0.05, 0) is 44.1 Å². The van der Waals surface area contributed by atoms with Crippen LogP contribution in [0.25, 0.3) is 0 Å². The molecule has 36 heavy (non-hydrogen) atoms. The molecule has 4 rings (SSSR count). The van der Waals surface area contributed by atoms with E-state index in [-0.39, 0.29) is 25.7 Å². The fourth-order valence-corrected chi connectivity index (χ4v) is 6.14. The van der Waals surface area contributed by atoms with E-state index in [1.807, 2.05) is 13.8 Å². The van der Waals surface area contributed by atoms with Crippen LogP contribution in [0.1, 0.15) is 52.4 Å². The number of rotatable bonds is 6. The molecule has 0 amide bonds. The quantitative estimate of drug-likeness (QED) is 0.123. The maximum Gasteiger partial charge on any atom is 0 e. The average molecular weight is 691 g/mol. The maximum absolute atomic E-state index is 7.50. The minimum Gasteiger partial charge on any atom is -0.785 e. The summed E-state index contributed by atoms with van der Waals surface area (Å²) in [6.07, 6.45) is 8.39. The van der Waals surface area contributed by atoms with Gasteiger partial charge in [0.15, 0.2) is 0 Å². The van der Waals surface area contributed by atoms with Gasteiger partial charge in [0.2, 0.25) is 0 Å². The van der Waals surface area contributed by atoms with E-state index >= 15 is 0 Å². The van der Waals surface area contributed by atoms with Gasteiger partial charge in [0.25, 0.3) is 0 Å². The molecule has 2 nitrogen and oxygen atoms in total. The van der Waals surface area contributed by atoms with Crippen LogP contribution in [-0.2, 0) is 33.1 Å². The van der Waals surface area contributed by atoms with Crippen molar-refractivity contribution in [3.63, 3.8) is 0 Å². The van der Waals surface area contributed by atoms with Crippen LogP contribution in [0, 0.1) is 10.5 Å². The Morgan fingerprint density at radius 3 is 1.19 bits per heavy atom. The van der Waals surface area contributed by atoms with Gasteiger partial charge in [-0.1, -0.05) is 134 Å². The fourth-order valence-electron chi connectivity index (χ4n) is 3.55. The van der Waals surface area contributed by atoms with Gasteiger partial charge in [0, 0.05) is 20.4 Å². The van der Waals surface area contributed by atoms with Gasteiger partial charge in [-0.2, -0.15) is 4.91 Å². The van der Waals surface area contributed by atoms with Gasteiger partial charge in [0.1, 0.15) is 0 Å². The molecular weight excluding hydrogens is 652 g/mol. The maximum atomic E-state index is 7.50. The van der Waals surface area contributed by atoms with Gasteiger partial charge in [-0.3, -0.25) is 0 Å². The van der Waals surface area contributed by atoms with Crippen LogP contribution in [0.2, 0.25) is 0 Å². The van der Waals surface area contributed by atoms with Crippen LogP contribution in [0.4, 0.5) is 0 Å². The Labute approximate surface area is 239 Å². The van der Waals surface area contributed by atoms with Crippen LogP contribution < -0.4 is 15.9 Å². The van der Waals surface area contributed by atoms with Gasteiger partial charge in [-0.15, -0.1) is 24.0 Å². The van der Waals surface area contributed by atoms with E-state index in [4.69, 9.17) is 17.5 Å². The topological polar surface area (TPSA) is 40.9 Å². The van der Waals surface area contributed by atoms with Crippen molar-refractivity contribution in [1.29, 1.82) is 5.59 Å². The third kappa shape index (κ3) is 14.1. The smallest absolute Gasteiger partial charge is 0 e. The first kappa shape index (κ1) is 34.2. The van der Waals surface area contributed by atoms with E-state index in [1.54, 1.807) is 0 Å². The van der Waals surface area contributed by atoms with E-state index in [1.165, 1.54) is 48.0 Å². The van der Waals surface area contributed by atoms with E-state index in [2.05, 4.69) is 110 Å². The van der Waals surface area contributed by atoms with Crippen molar-refractivity contribution in [2.24, 2.45) is 0 Å². The molecule has 0 spiro atoms. The van der Waals surface area contributed by atoms with Crippen molar-refractivity contribution in [2.75, 3.05) is 0 Å². The summed E-state index contributed by atoms with van der Waals surface area (Å²) in [7, 11) is -0.446. The molecule has 1 aliphatic carbocycles. The number of allylic oxidation sites excluding steroid dienone is 1. The molecule has 1 atom stereocenters. The molecule has 1 saturated carbocycles. The Balaban J connectivity index is 0.000000603. The third-order valence-corrected chi connectivity index (χ3v) is 8.39. The van der Waals surface area contributed by atoms with Gasteiger partial charge in [-0.25, -0.2) is 0 Å². The van der Waals surface area contributed by atoms with Crippen molar-refractivity contribution in [1.82, 2.24) is 0 Å². The molecule has 1 aliphatic rings. The molecular formula is C31H39NOPReS-. The number of nitroso groups, excluding NO2 is 1. The predicted molar refractivity (Wildman–Crippen MR) is 160 cm³/mol. The monoisotopic (exact) mass is 691 g/mol. The first-order chi connectivity index (χ1) is 17.0. The summed E-state index contributed by atoms with van der Waals surface area (Å²) in [6, 6.07) is 32.3. The summed E-state index contributed by atoms with van der Waals surface area (Å²) in [6.45, 7) is 11.5. The second-order valence-electron chi connectivity index (χ2n) is 8.61. The second-order valence-corrected chi connectivity index (χ2v) is 11.4. The molecule has 1 fully saturated rings. The number of hydrogen-bond acceptors (Lipinski definition) is 3. The zero-order chi connectivity index (χ0) is 25.9. The zero-order valence-electron chi connectivity index (χ0n) is 21.5. The summed E-state index contributed by atoms with van der Waals surface area (Å²) in [5, 5.41) is 4.38. The molecule has 0 saturated heterocycles. The Morgan fingerprint density at radius 1 is 0.722 bits per heavy atom. The molecule has 0 heterocycles. The predicted octanol–water partition coefficient (Wildman–Crippen LogP) is 8.17. The summed E-state index contributed by atoms with van der Waals surface area (Å²) in [5.41, 5.74) is 6.70. The summed E-state index contributed by atoms with van der Waals surface area (Å²) in [4.78, 5) is 7.50. The molecule has 3 aromatic rings. The molecule has 3 aromatic carbocycles. The number of benzene rings is 3. The van der Waals surface area contributed by atoms with Gasteiger partial charge >= 0.3 is 0 Å². The SMILES string of the molecule is C1CCCC1.C=C(C)C[C@H]([S-])C(=C)C.N=O.[Re].c1ccc(P(c2ccccc2)c2ccccc2)cc1. The largest absolute Gasteiger partial charge is 0.785 e. The molecule has 0 unspecified atom stereocenters. The van der Waals surface area contributed by atoms with Crippen LogP contribution in [0.3, 0.4) is 0 Å². The van der Waals surface area contributed by atoms with Crippen molar-refractivity contribution in [2.45, 2.75) is 57.6 Å². The van der Waals surface area contributed by atoms with E-state index in [9.17, 15) is 0 Å². The first-order valence-corrected chi connectivity index (χ1v) is 13.9. The van der Waals surface area contributed by atoms with Crippen molar-refractivity contribution < 1.29 is 20.4 Å². The zero-order valence-corrected chi connectivity index (χ0v) is 26.0. The Morgan fingerprint density at radius 2 is 1.00 bits per heavy atom. The molecule has 0 aliphatic heterocycles. The van der Waals surface area contributed by atoms with Gasteiger partial charge in [0.05, 0.1) is 0 Å². The third-order valence-electron chi connectivity index (χ3n) is 5.38. The summed E-state index contributed by atoms with van der Waals surface area (Å²) < 4.78 is 0. The van der Waals surface area contributed by atoms with Crippen molar-refractivity contribution in [3.05, 3.63) is 120 Å². The molecule has 193 valence electrons.